The molecule has 0 bridgehead atoms. The largest absolute Gasteiger partial charge is 0.488 e. The average Bonchev–Trinajstić information content (AvgIpc) is 3.19. The molecule has 10 nitrogen and oxygen atoms in total. The number of nitrogens with zero attached hydrogens (tertiary/aromatic N) is 4. The SMILES string of the molecule is [B][P+]1(O)OC[C@H](C)O[C@@H](n2cnc3c(NCc4ccccc4)ncnc32)[C@@H](O)CO1. The van der Waals surface area contributed by atoms with Gasteiger partial charge in [-0.2, -0.15) is 9.05 Å². The van der Waals surface area contributed by atoms with Crippen molar-refractivity contribution in [3.63, 3.8) is 0 Å². The van der Waals surface area contributed by atoms with Crippen LogP contribution in [-0.2, 0) is 20.3 Å². The fourth-order valence-electron chi connectivity index (χ4n) is 3.08. The zero-order chi connectivity index (χ0) is 21.1. The number of aliphatic hydroxyl groups excluding tert-OH is 1. The van der Waals surface area contributed by atoms with E-state index in [1.54, 1.807) is 11.5 Å². The van der Waals surface area contributed by atoms with Crippen LogP contribution in [0.2, 0.25) is 0 Å². The summed E-state index contributed by atoms with van der Waals surface area (Å²) in [6.07, 6.45) is 0.455. The van der Waals surface area contributed by atoms with Crippen molar-refractivity contribution in [1.82, 2.24) is 19.5 Å². The molecule has 1 fully saturated rings. The maximum absolute atomic E-state index is 10.6. The number of nitrogens with one attached hydrogen (secondary N) is 1. The fourth-order valence-corrected chi connectivity index (χ4v) is 3.95. The highest BCUT2D eigenvalue weighted by Gasteiger charge is 2.40. The van der Waals surface area contributed by atoms with Crippen molar-refractivity contribution in [1.29, 1.82) is 0 Å². The first-order valence-electron chi connectivity index (χ1n) is 9.41. The van der Waals surface area contributed by atoms with Crippen LogP contribution in [0.25, 0.3) is 11.2 Å². The Kier molecular flexibility index (Phi) is 6.28. The number of hydrogen-bond donors (Lipinski definition) is 3. The lowest BCUT2D eigenvalue weighted by Crippen LogP contribution is -2.32. The highest BCUT2D eigenvalue weighted by molar-refractivity contribution is 7.85. The summed E-state index contributed by atoms with van der Waals surface area (Å²) in [6.45, 7) is 2.05. The molecule has 4 atom stereocenters. The van der Waals surface area contributed by atoms with E-state index in [-0.39, 0.29) is 13.2 Å². The number of imidazole rings is 1. The van der Waals surface area contributed by atoms with Gasteiger partial charge in [0.2, 0.25) is 0 Å². The van der Waals surface area contributed by atoms with E-state index in [1.807, 2.05) is 30.3 Å². The quantitative estimate of drug-likeness (QED) is 0.418. The molecule has 1 aliphatic rings. The Morgan fingerprint density at radius 2 is 1.97 bits per heavy atom. The minimum atomic E-state index is -3.51. The number of hydrogen-bond acceptors (Lipinski definition) is 9. The molecule has 0 spiro atoms. The van der Waals surface area contributed by atoms with Crippen LogP contribution in [0.1, 0.15) is 18.7 Å². The van der Waals surface area contributed by atoms with Crippen LogP contribution in [0.5, 0.6) is 0 Å². The van der Waals surface area contributed by atoms with Gasteiger partial charge in [-0.25, -0.2) is 19.8 Å². The molecule has 3 N–H and O–H groups in total. The topological polar surface area (TPSA) is 124 Å². The molecule has 156 valence electrons. The van der Waals surface area contributed by atoms with Crippen molar-refractivity contribution in [2.45, 2.75) is 31.9 Å². The average molecular weight is 430 g/mol. The van der Waals surface area contributed by atoms with Crippen LogP contribution in [-0.4, -0.2) is 62.5 Å². The summed E-state index contributed by atoms with van der Waals surface area (Å²) < 4.78 is 17.9. The molecule has 0 saturated carbocycles. The zero-order valence-corrected chi connectivity index (χ0v) is 17.2. The number of rotatable bonds is 4. The Bertz CT molecular complexity index is 992. The van der Waals surface area contributed by atoms with E-state index in [4.69, 9.17) is 21.4 Å². The smallest absolute Gasteiger partial charge is 0.386 e. The summed E-state index contributed by atoms with van der Waals surface area (Å²) in [7, 11) is 2.10. The Morgan fingerprint density at radius 3 is 2.77 bits per heavy atom. The molecule has 3 aromatic rings. The predicted molar refractivity (Wildman–Crippen MR) is 111 cm³/mol. The number of aromatic nitrogens is 4. The van der Waals surface area contributed by atoms with Gasteiger partial charge in [-0.3, -0.25) is 4.57 Å². The number of fused-ring (bicyclic) bond motifs is 1. The van der Waals surface area contributed by atoms with Crippen LogP contribution in [0.4, 0.5) is 5.82 Å². The minimum Gasteiger partial charge on any atom is -0.386 e. The Morgan fingerprint density at radius 1 is 1.20 bits per heavy atom. The summed E-state index contributed by atoms with van der Waals surface area (Å²) in [4.78, 5) is 23.0. The second-order valence-corrected chi connectivity index (χ2v) is 8.59. The van der Waals surface area contributed by atoms with E-state index in [2.05, 4.69) is 20.3 Å². The van der Waals surface area contributed by atoms with Crippen LogP contribution in [0.3, 0.4) is 0 Å². The second kappa shape index (κ2) is 8.93. The van der Waals surface area contributed by atoms with Crippen molar-refractivity contribution in [2.24, 2.45) is 0 Å². The minimum absolute atomic E-state index is 0.00942. The Balaban J connectivity index is 1.60. The van der Waals surface area contributed by atoms with E-state index in [0.717, 1.165) is 5.56 Å². The highest BCUT2D eigenvalue weighted by Crippen LogP contribution is 2.52. The van der Waals surface area contributed by atoms with Crippen LogP contribution in [0, 0.1) is 0 Å². The first-order chi connectivity index (χ1) is 14.4. The molecule has 30 heavy (non-hydrogen) atoms. The van der Waals surface area contributed by atoms with Gasteiger partial charge in [-0.05, 0) is 12.5 Å². The second-order valence-electron chi connectivity index (χ2n) is 6.95. The van der Waals surface area contributed by atoms with Crippen LogP contribution in [0.15, 0.2) is 43.0 Å². The van der Waals surface area contributed by atoms with Crippen LogP contribution < -0.4 is 5.32 Å². The first kappa shape index (κ1) is 21.1. The standard InChI is InChI=1S/C18H22BN5O5P/c1-12-8-27-30(19,26)28-9-14(25)18(29-12)24-11-23-15-16(21-10-22-17(15)24)20-7-13-5-3-2-4-6-13/h2-6,10-12,14,18,25-26H,7-9H2,1H3,(H,20,21,22)/q+1/t12-,14-,18+,30?/m0/s1. The van der Waals surface area contributed by atoms with Gasteiger partial charge in [0.15, 0.2) is 23.2 Å². The van der Waals surface area contributed by atoms with Crippen molar-refractivity contribution < 1.29 is 23.8 Å². The van der Waals surface area contributed by atoms with Gasteiger partial charge < -0.3 is 15.2 Å². The van der Waals surface area contributed by atoms with Gasteiger partial charge in [0.05, 0.1) is 12.4 Å². The summed E-state index contributed by atoms with van der Waals surface area (Å²) in [6, 6.07) is 9.91. The summed E-state index contributed by atoms with van der Waals surface area (Å²) in [5, 5.41) is 13.9. The third kappa shape index (κ3) is 4.78. The third-order valence-corrected chi connectivity index (χ3v) is 5.60. The van der Waals surface area contributed by atoms with Gasteiger partial charge in [-0.15, -0.1) is 0 Å². The van der Waals surface area contributed by atoms with Gasteiger partial charge in [-0.1, -0.05) is 30.3 Å². The molecular formula is C18H22BN5O5P+. The molecular weight excluding hydrogens is 408 g/mol. The summed E-state index contributed by atoms with van der Waals surface area (Å²) in [5.41, 5.74) is 2.12. The molecule has 1 saturated heterocycles. The molecule has 1 unspecified atom stereocenters. The van der Waals surface area contributed by atoms with E-state index in [9.17, 15) is 10.00 Å². The van der Waals surface area contributed by atoms with Crippen molar-refractivity contribution in [3.8, 4) is 0 Å². The Labute approximate surface area is 175 Å². The number of benzene rings is 1. The number of ether oxygens (including phenoxy) is 1. The van der Waals surface area contributed by atoms with Crippen molar-refractivity contribution >= 4 is 32.4 Å². The van der Waals surface area contributed by atoms with E-state index >= 15 is 0 Å². The van der Waals surface area contributed by atoms with Gasteiger partial charge in [0, 0.05) is 6.54 Å². The van der Waals surface area contributed by atoms with Crippen molar-refractivity contribution in [2.75, 3.05) is 18.5 Å². The molecule has 1 aromatic carbocycles. The maximum atomic E-state index is 10.6. The van der Waals surface area contributed by atoms with E-state index in [0.29, 0.717) is 23.5 Å². The number of aliphatic hydroxyl groups is 1. The zero-order valence-electron chi connectivity index (χ0n) is 16.3. The summed E-state index contributed by atoms with van der Waals surface area (Å²) in [5.74, 6) is 0.565. The van der Waals surface area contributed by atoms with Crippen molar-refractivity contribution in [3.05, 3.63) is 48.5 Å². The molecule has 2 radical (unpaired) electrons. The fraction of sp³-hybridized carbons (Fsp3) is 0.389. The van der Waals surface area contributed by atoms with E-state index < -0.39 is 26.3 Å². The lowest BCUT2D eigenvalue weighted by atomic mass is 10.2. The van der Waals surface area contributed by atoms with E-state index in [1.165, 1.54) is 12.7 Å². The molecule has 12 heteroatoms. The third-order valence-electron chi connectivity index (χ3n) is 4.56. The lowest BCUT2D eigenvalue weighted by Gasteiger charge is -2.25. The molecule has 3 heterocycles. The normalized spacial score (nSPS) is 27.9. The molecule has 0 amide bonds. The Hall–Kier alpha value is -2.14. The van der Waals surface area contributed by atoms with Gasteiger partial charge in [0.25, 0.3) is 0 Å². The maximum Gasteiger partial charge on any atom is 0.488 e. The molecule has 2 aromatic heterocycles. The molecule has 1 aliphatic heterocycles. The lowest BCUT2D eigenvalue weighted by molar-refractivity contribution is -0.120. The van der Waals surface area contributed by atoms with Crippen LogP contribution >= 0.6 is 7.82 Å². The highest BCUT2D eigenvalue weighted by atomic mass is 31.2. The number of anilines is 1. The van der Waals surface area contributed by atoms with Gasteiger partial charge in [0.1, 0.15) is 25.6 Å². The summed E-state index contributed by atoms with van der Waals surface area (Å²) >= 11 is 0. The monoisotopic (exact) mass is 430 g/mol. The first-order valence-corrected chi connectivity index (χ1v) is 11.1. The van der Waals surface area contributed by atoms with Gasteiger partial charge >= 0.3 is 15.4 Å². The molecule has 4 rings (SSSR count). The molecule has 0 aliphatic carbocycles. The predicted octanol–water partition coefficient (Wildman–Crippen LogP) is 1.59.